The van der Waals surface area contributed by atoms with Crippen LogP contribution in [0.15, 0.2) is 4.47 Å². The largest absolute Gasteiger partial charge is 0.313 e. The van der Waals surface area contributed by atoms with Gasteiger partial charge in [-0.15, -0.1) is 0 Å². The molecule has 1 N–H and O–H groups in total. The number of halogens is 1. The van der Waals surface area contributed by atoms with Gasteiger partial charge in [-0.1, -0.05) is 13.8 Å². The predicted octanol–water partition coefficient (Wildman–Crippen LogP) is 2.26. The van der Waals surface area contributed by atoms with E-state index in [9.17, 15) is 0 Å². The van der Waals surface area contributed by atoms with Crippen molar-refractivity contribution in [2.24, 2.45) is 0 Å². The summed E-state index contributed by atoms with van der Waals surface area (Å²) < 4.78 is 3.16. The van der Waals surface area contributed by atoms with Crippen molar-refractivity contribution >= 4 is 15.9 Å². The van der Waals surface area contributed by atoms with Crippen LogP contribution >= 0.6 is 15.9 Å². The standard InChI is InChI=1S/C10H18BrN3/c1-7(2)12-5-6-14-9(4)10(11)8(3)13-14/h7,12H,5-6H2,1-4H3. The number of nitrogens with zero attached hydrogens (tertiary/aromatic N) is 2. The topological polar surface area (TPSA) is 29.9 Å². The van der Waals surface area contributed by atoms with Gasteiger partial charge in [0.2, 0.25) is 0 Å². The van der Waals surface area contributed by atoms with Crippen LogP contribution in [0.25, 0.3) is 0 Å². The summed E-state index contributed by atoms with van der Waals surface area (Å²) in [6.45, 7) is 10.3. The number of rotatable bonds is 4. The summed E-state index contributed by atoms with van der Waals surface area (Å²) in [6.07, 6.45) is 0. The third-order valence-corrected chi connectivity index (χ3v) is 3.32. The minimum absolute atomic E-state index is 0.537. The smallest absolute Gasteiger partial charge is 0.0738 e. The van der Waals surface area contributed by atoms with E-state index in [2.05, 4.69) is 47.1 Å². The van der Waals surface area contributed by atoms with Crippen LogP contribution < -0.4 is 5.32 Å². The molecule has 0 saturated heterocycles. The molecule has 0 radical (unpaired) electrons. The van der Waals surface area contributed by atoms with Crippen LogP contribution in [-0.2, 0) is 6.54 Å². The molecule has 14 heavy (non-hydrogen) atoms. The van der Waals surface area contributed by atoms with Crippen LogP contribution in [0.4, 0.5) is 0 Å². The molecular weight excluding hydrogens is 242 g/mol. The monoisotopic (exact) mass is 259 g/mol. The quantitative estimate of drug-likeness (QED) is 0.899. The summed E-state index contributed by atoms with van der Waals surface area (Å²) in [6, 6.07) is 0.537. The number of hydrogen-bond donors (Lipinski definition) is 1. The Bertz CT molecular complexity index is 305. The van der Waals surface area contributed by atoms with Crippen molar-refractivity contribution in [1.29, 1.82) is 0 Å². The lowest BCUT2D eigenvalue weighted by Crippen LogP contribution is -2.27. The summed E-state index contributed by atoms with van der Waals surface area (Å²) in [5, 5.41) is 7.81. The van der Waals surface area contributed by atoms with Crippen molar-refractivity contribution in [3.05, 3.63) is 15.9 Å². The molecule has 1 aromatic heterocycles. The lowest BCUT2D eigenvalue weighted by Gasteiger charge is -2.08. The van der Waals surface area contributed by atoms with E-state index >= 15 is 0 Å². The highest BCUT2D eigenvalue weighted by molar-refractivity contribution is 9.10. The van der Waals surface area contributed by atoms with Gasteiger partial charge in [-0.2, -0.15) is 5.10 Å². The lowest BCUT2D eigenvalue weighted by molar-refractivity contribution is 0.507. The highest BCUT2D eigenvalue weighted by Crippen LogP contribution is 2.19. The second-order valence-corrected chi connectivity index (χ2v) is 4.61. The molecule has 4 heteroatoms. The Labute approximate surface area is 94.0 Å². The molecule has 0 fully saturated rings. The third kappa shape index (κ3) is 2.82. The van der Waals surface area contributed by atoms with Crippen molar-refractivity contribution in [2.75, 3.05) is 6.54 Å². The molecular formula is C10H18BrN3. The Morgan fingerprint density at radius 3 is 2.50 bits per heavy atom. The van der Waals surface area contributed by atoms with Gasteiger partial charge in [0, 0.05) is 18.3 Å². The molecule has 80 valence electrons. The van der Waals surface area contributed by atoms with E-state index in [0.717, 1.165) is 23.3 Å². The van der Waals surface area contributed by atoms with E-state index in [-0.39, 0.29) is 0 Å². The fourth-order valence-electron chi connectivity index (χ4n) is 1.35. The second kappa shape index (κ2) is 4.94. The highest BCUT2D eigenvalue weighted by Gasteiger charge is 2.07. The Morgan fingerprint density at radius 1 is 1.43 bits per heavy atom. The molecule has 0 aliphatic carbocycles. The zero-order chi connectivity index (χ0) is 10.7. The van der Waals surface area contributed by atoms with E-state index in [4.69, 9.17) is 0 Å². The zero-order valence-electron chi connectivity index (χ0n) is 9.26. The molecule has 0 bridgehead atoms. The molecule has 0 atom stereocenters. The Kier molecular flexibility index (Phi) is 4.13. The van der Waals surface area contributed by atoms with Crippen molar-refractivity contribution in [2.45, 2.75) is 40.3 Å². The maximum Gasteiger partial charge on any atom is 0.0738 e. The van der Waals surface area contributed by atoms with Crippen molar-refractivity contribution in [1.82, 2.24) is 15.1 Å². The molecule has 0 unspecified atom stereocenters. The van der Waals surface area contributed by atoms with Crippen LogP contribution in [0, 0.1) is 13.8 Å². The fraction of sp³-hybridized carbons (Fsp3) is 0.700. The minimum Gasteiger partial charge on any atom is -0.313 e. The molecule has 0 amide bonds. The number of hydrogen-bond acceptors (Lipinski definition) is 2. The van der Waals surface area contributed by atoms with Crippen LogP contribution in [0.3, 0.4) is 0 Å². The predicted molar refractivity (Wildman–Crippen MR) is 62.5 cm³/mol. The van der Waals surface area contributed by atoms with Crippen LogP contribution in [0.5, 0.6) is 0 Å². The van der Waals surface area contributed by atoms with Gasteiger partial charge in [-0.05, 0) is 29.8 Å². The van der Waals surface area contributed by atoms with E-state index in [1.54, 1.807) is 0 Å². The van der Waals surface area contributed by atoms with Crippen molar-refractivity contribution in [3.63, 3.8) is 0 Å². The zero-order valence-corrected chi connectivity index (χ0v) is 10.8. The molecule has 3 nitrogen and oxygen atoms in total. The summed E-state index contributed by atoms with van der Waals surface area (Å²) in [4.78, 5) is 0. The first-order chi connectivity index (χ1) is 6.52. The average Bonchev–Trinajstić information content (AvgIpc) is 2.33. The van der Waals surface area contributed by atoms with Crippen LogP contribution in [-0.4, -0.2) is 22.4 Å². The first-order valence-corrected chi connectivity index (χ1v) is 5.74. The van der Waals surface area contributed by atoms with E-state index in [1.165, 1.54) is 5.69 Å². The van der Waals surface area contributed by atoms with Gasteiger partial charge in [-0.3, -0.25) is 4.68 Å². The molecule has 1 heterocycles. The summed E-state index contributed by atoms with van der Waals surface area (Å²) >= 11 is 3.52. The van der Waals surface area contributed by atoms with E-state index in [1.807, 2.05) is 11.6 Å². The molecule has 0 spiro atoms. The van der Waals surface area contributed by atoms with Gasteiger partial charge >= 0.3 is 0 Å². The molecule has 0 aliphatic rings. The van der Waals surface area contributed by atoms with Gasteiger partial charge in [-0.25, -0.2) is 0 Å². The Balaban J connectivity index is 2.55. The highest BCUT2D eigenvalue weighted by atomic mass is 79.9. The first kappa shape index (κ1) is 11.7. The van der Waals surface area contributed by atoms with Gasteiger partial charge in [0.15, 0.2) is 0 Å². The summed E-state index contributed by atoms with van der Waals surface area (Å²) in [5.74, 6) is 0. The maximum atomic E-state index is 4.44. The van der Waals surface area contributed by atoms with Crippen LogP contribution in [0.2, 0.25) is 0 Å². The fourth-order valence-corrected chi connectivity index (χ4v) is 1.64. The Hall–Kier alpha value is -0.350. The molecule has 0 saturated carbocycles. The summed E-state index contributed by atoms with van der Waals surface area (Å²) in [7, 11) is 0. The number of nitrogens with one attached hydrogen (secondary N) is 1. The van der Waals surface area contributed by atoms with Crippen LogP contribution in [0.1, 0.15) is 25.2 Å². The minimum atomic E-state index is 0.537. The normalized spacial score (nSPS) is 11.3. The van der Waals surface area contributed by atoms with Crippen molar-refractivity contribution in [3.8, 4) is 0 Å². The molecule has 0 aliphatic heterocycles. The van der Waals surface area contributed by atoms with E-state index in [0.29, 0.717) is 6.04 Å². The van der Waals surface area contributed by atoms with Gasteiger partial charge < -0.3 is 5.32 Å². The first-order valence-electron chi connectivity index (χ1n) is 4.95. The maximum absolute atomic E-state index is 4.44. The molecule has 1 aromatic rings. The second-order valence-electron chi connectivity index (χ2n) is 3.82. The van der Waals surface area contributed by atoms with Gasteiger partial charge in [0.05, 0.1) is 16.7 Å². The van der Waals surface area contributed by atoms with Gasteiger partial charge in [0.1, 0.15) is 0 Å². The van der Waals surface area contributed by atoms with Crippen molar-refractivity contribution < 1.29 is 0 Å². The van der Waals surface area contributed by atoms with E-state index < -0.39 is 0 Å². The lowest BCUT2D eigenvalue weighted by atomic mass is 10.4. The third-order valence-electron chi connectivity index (χ3n) is 2.17. The Morgan fingerprint density at radius 2 is 2.07 bits per heavy atom. The summed E-state index contributed by atoms with van der Waals surface area (Å²) in [5.41, 5.74) is 2.26. The molecule has 0 aromatic carbocycles. The average molecular weight is 260 g/mol. The van der Waals surface area contributed by atoms with Gasteiger partial charge in [0.25, 0.3) is 0 Å². The molecule has 1 rings (SSSR count). The number of aromatic nitrogens is 2. The SMILES string of the molecule is Cc1nn(CCNC(C)C)c(C)c1Br. The number of aryl methyl sites for hydroxylation is 1.